The molecule has 0 radical (unpaired) electrons. The monoisotopic (exact) mass is 325 g/mol. The fraction of sp³-hybridized carbons (Fsp3) is 0.0455. The second-order valence-corrected chi connectivity index (χ2v) is 6.30. The Morgan fingerprint density at radius 3 is 2.08 bits per heavy atom. The Kier molecular flexibility index (Phi) is 2.86. The van der Waals surface area contributed by atoms with E-state index in [1.807, 2.05) is 31.2 Å². The van der Waals surface area contributed by atoms with Crippen molar-refractivity contribution in [3.05, 3.63) is 88.8 Å². The molecular weight excluding hydrogens is 310 g/mol. The third kappa shape index (κ3) is 2.02. The van der Waals surface area contributed by atoms with Gasteiger partial charge >= 0.3 is 5.63 Å². The molecule has 5 rings (SSSR count). The molecule has 2 heterocycles. The maximum Gasteiger partial charge on any atom is 0.336 e. The number of benzene rings is 3. The van der Waals surface area contributed by atoms with Gasteiger partial charge in [0.2, 0.25) is 0 Å². The summed E-state index contributed by atoms with van der Waals surface area (Å²) in [5.41, 5.74) is 4.49. The van der Waals surface area contributed by atoms with E-state index in [1.165, 1.54) is 16.8 Å². The molecule has 0 saturated heterocycles. The number of hydrogen-bond acceptors (Lipinski definition) is 2. The lowest BCUT2D eigenvalue weighted by Crippen LogP contribution is -1.99. The summed E-state index contributed by atoms with van der Waals surface area (Å²) in [6.45, 7) is 1.93. The van der Waals surface area contributed by atoms with Crippen LogP contribution in [-0.2, 0) is 0 Å². The Labute approximate surface area is 143 Å². The van der Waals surface area contributed by atoms with Gasteiger partial charge in [-0.1, -0.05) is 36.4 Å². The predicted octanol–water partition coefficient (Wildman–Crippen LogP) is 5.20. The number of rotatable bonds is 1. The van der Waals surface area contributed by atoms with Gasteiger partial charge in [0, 0.05) is 34.0 Å². The summed E-state index contributed by atoms with van der Waals surface area (Å²) in [6.07, 6.45) is 0. The molecule has 120 valence electrons. The molecule has 3 heteroatoms. The molecule has 0 aliphatic carbocycles. The molecule has 0 aliphatic heterocycles. The Morgan fingerprint density at radius 1 is 0.760 bits per heavy atom. The molecule has 25 heavy (non-hydrogen) atoms. The molecule has 0 atom stereocenters. The van der Waals surface area contributed by atoms with E-state index in [-0.39, 0.29) is 5.63 Å². The molecule has 5 aromatic rings. The molecule has 0 saturated carbocycles. The summed E-state index contributed by atoms with van der Waals surface area (Å²) in [6, 6.07) is 24.3. The van der Waals surface area contributed by atoms with Crippen LogP contribution in [-0.4, -0.2) is 4.57 Å². The molecule has 0 unspecified atom stereocenters. The highest BCUT2D eigenvalue weighted by atomic mass is 16.4. The van der Waals surface area contributed by atoms with E-state index in [9.17, 15) is 4.79 Å². The molecule has 0 amide bonds. The zero-order valence-electron chi connectivity index (χ0n) is 13.7. The first-order valence-electron chi connectivity index (χ1n) is 8.25. The molecule has 0 bridgehead atoms. The molecule has 0 aliphatic rings. The van der Waals surface area contributed by atoms with Gasteiger partial charge in [-0.2, -0.15) is 0 Å². The first-order valence-corrected chi connectivity index (χ1v) is 8.25. The van der Waals surface area contributed by atoms with Gasteiger partial charge in [0.25, 0.3) is 0 Å². The number of aryl methyl sites for hydroxylation is 1. The van der Waals surface area contributed by atoms with Crippen molar-refractivity contribution in [3.63, 3.8) is 0 Å². The lowest BCUT2D eigenvalue weighted by atomic mass is 10.1. The largest absolute Gasteiger partial charge is 0.423 e. The van der Waals surface area contributed by atoms with Gasteiger partial charge in [-0.15, -0.1) is 0 Å². The van der Waals surface area contributed by atoms with Crippen molar-refractivity contribution in [2.45, 2.75) is 6.92 Å². The quantitative estimate of drug-likeness (QED) is 0.397. The van der Waals surface area contributed by atoms with Crippen molar-refractivity contribution in [3.8, 4) is 5.69 Å². The van der Waals surface area contributed by atoms with Crippen LogP contribution in [0.15, 0.2) is 82.0 Å². The van der Waals surface area contributed by atoms with Crippen molar-refractivity contribution >= 4 is 32.8 Å². The lowest BCUT2D eigenvalue weighted by molar-refractivity contribution is 0.559. The number of aromatic nitrogens is 1. The third-order valence-corrected chi connectivity index (χ3v) is 4.77. The number of hydrogen-bond donors (Lipinski definition) is 0. The Balaban J connectivity index is 1.92. The Bertz CT molecular complexity index is 1270. The van der Waals surface area contributed by atoms with Gasteiger partial charge in [-0.25, -0.2) is 4.79 Å². The SMILES string of the molecule is Cc1cc(=O)oc2cc(-n3c4ccccc4c4ccccc43)ccc12. The van der Waals surface area contributed by atoms with Crippen LogP contribution >= 0.6 is 0 Å². The zero-order valence-corrected chi connectivity index (χ0v) is 13.7. The zero-order chi connectivity index (χ0) is 17.0. The fourth-order valence-electron chi connectivity index (χ4n) is 3.65. The average Bonchev–Trinajstić information content (AvgIpc) is 2.95. The van der Waals surface area contributed by atoms with Crippen LogP contribution in [0.4, 0.5) is 0 Å². The number of para-hydroxylation sites is 2. The lowest BCUT2D eigenvalue weighted by Gasteiger charge is -2.09. The van der Waals surface area contributed by atoms with Crippen LogP contribution in [0.1, 0.15) is 5.56 Å². The fourth-order valence-corrected chi connectivity index (χ4v) is 3.65. The minimum Gasteiger partial charge on any atom is -0.423 e. The molecular formula is C22H15NO2. The average molecular weight is 325 g/mol. The molecule has 0 spiro atoms. The highest BCUT2D eigenvalue weighted by Crippen LogP contribution is 2.32. The van der Waals surface area contributed by atoms with E-state index in [2.05, 4.69) is 47.0 Å². The highest BCUT2D eigenvalue weighted by molar-refractivity contribution is 6.09. The van der Waals surface area contributed by atoms with Crippen molar-refractivity contribution in [2.24, 2.45) is 0 Å². The second kappa shape index (κ2) is 5.08. The van der Waals surface area contributed by atoms with E-state index in [0.717, 1.165) is 27.7 Å². The van der Waals surface area contributed by atoms with Crippen molar-refractivity contribution in [2.75, 3.05) is 0 Å². The van der Waals surface area contributed by atoms with Crippen LogP contribution in [0.5, 0.6) is 0 Å². The first kappa shape index (κ1) is 14.1. The van der Waals surface area contributed by atoms with Crippen LogP contribution in [0, 0.1) is 6.92 Å². The summed E-state index contributed by atoms with van der Waals surface area (Å²) in [7, 11) is 0. The normalized spacial score (nSPS) is 11.6. The van der Waals surface area contributed by atoms with Crippen LogP contribution in [0.3, 0.4) is 0 Å². The maximum atomic E-state index is 11.8. The van der Waals surface area contributed by atoms with Gasteiger partial charge in [-0.05, 0) is 36.8 Å². The topological polar surface area (TPSA) is 35.1 Å². The number of nitrogens with zero attached hydrogens (tertiary/aromatic N) is 1. The summed E-state index contributed by atoms with van der Waals surface area (Å²) in [4.78, 5) is 11.8. The first-order chi connectivity index (χ1) is 12.2. The van der Waals surface area contributed by atoms with Gasteiger partial charge in [0.15, 0.2) is 0 Å². The van der Waals surface area contributed by atoms with E-state index < -0.39 is 0 Å². The van der Waals surface area contributed by atoms with E-state index >= 15 is 0 Å². The summed E-state index contributed by atoms with van der Waals surface area (Å²) in [5, 5.41) is 3.39. The minimum absolute atomic E-state index is 0.315. The van der Waals surface area contributed by atoms with E-state index in [0.29, 0.717) is 5.58 Å². The highest BCUT2D eigenvalue weighted by Gasteiger charge is 2.12. The van der Waals surface area contributed by atoms with E-state index in [1.54, 1.807) is 0 Å². The Hall–Kier alpha value is -3.33. The summed E-state index contributed by atoms with van der Waals surface area (Å²) < 4.78 is 7.65. The van der Waals surface area contributed by atoms with Gasteiger partial charge < -0.3 is 8.98 Å². The van der Waals surface area contributed by atoms with E-state index in [4.69, 9.17) is 4.42 Å². The maximum absolute atomic E-state index is 11.8. The van der Waals surface area contributed by atoms with Crippen LogP contribution in [0.25, 0.3) is 38.5 Å². The van der Waals surface area contributed by atoms with Gasteiger partial charge in [-0.3, -0.25) is 0 Å². The third-order valence-electron chi connectivity index (χ3n) is 4.77. The smallest absolute Gasteiger partial charge is 0.336 e. The van der Waals surface area contributed by atoms with Crippen LogP contribution < -0.4 is 5.63 Å². The molecule has 3 aromatic carbocycles. The van der Waals surface area contributed by atoms with Crippen molar-refractivity contribution in [1.82, 2.24) is 4.57 Å². The summed E-state index contributed by atoms with van der Waals surface area (Å²) >= 11 is 0. The standard InChI is InChI=1S/C22H15NO2/c1-14-12-22(24)25-21-13-15(10-11-16(14)21)23-19-8-4-2-6-17(19)18-7-3-5-9-20(18)23/h2-13H,1H3. The molecule has 0 N–H and O–H groups in total. The van der Waals surface area contributed by atoms with Crippen molar-refractivity contribution in [1.29, 1.82) is 0 Å². The molecule has 0 fully saturated rings. The van der Waals surface area contributed by atoms with Crippen molar-refractivity contribution < 1.29 is 4.42 Å². The molecule has 3 nitrogen and oxygen atoms in total. The molecule has 2 aromatic heterocycles. The van der Waals surface area contributed by atoms with Gasteiger partial charge in [0.1, 0.15) is 5.58 Å². The van der Waals surface area contributed by atoms with Crippen LogP contribution in [0.2, 0.25) is 0 Å². The summed E-state index contributed by atoms with van der Waals surface area (Å²) in [5.74, 6) is 0. The van der Waals surface area contributed by atoms with Gasteiger partial charge in [0.05, 0.1) is 11.0 Å². The number of fused-ring (bicyclic) bond motifs is 4. The second-order valence-electron chi connectivity index (χ2n) is 6.30. The Morgan fingerprint density at radius 2 is 1.40 bits per heavy atom. The minimum atomic E-state index is -0.315. The predicted molar refractivity (Wildman–Crippen MR) is 102 cm³/mol.